The van der Waals surface area contributed by atoms with Gasteiger partial charge in [0.25, 0.3) is 0 Å². The molecule has 2 aromatic carbocycles. The van der Waals surface area contributed by atoms with Crippen molar-refractivity contribution >= 4 is 17.6 Å². The summed E-state index contributed by atoms with van der Waals surface area (Å²) in [6, 6.07) is 14.8. The molecule has 0 spiro atoms. The van der Waals surface area contributed by atoms with Gasteiger partial charge in [0.1, 0.15) is 36.0 Å². The quantitative estimate of drug-likeness (QED) is 0.458. The fourth-order valence-electron chi connectivity index (χ4n) is 2.45. The number of hydrogen-bond donors (Lipinski definition) is 0. The molecule has 0 N–H and O–H groups in total. The highest BCUT2D eigenvalue weighted by molar-refractivity contribution is 6.33. The first-order valence-corrected chi connectivity index (χ1v) is 8.52. The average molecular weight is 372 g/mol. The summed E-state index contributed by atoms with van der Waals surface area (Å²) >= 11 is 6.20. The molecule has 5 nitrogen and oxygen atoms in total. The maximum Gasteiger partial charge on any atom is 0.344 e. The Labute approximate surface area is 156 Å². The number of halogens is 1. The molecular weight excluding hydrogens is 354 g/mol. The number of benzene rings is 2. The Morgan fingerprint density at radius 2 is 1.81 bits per heavy atom. The highest BCUT2D eigenvalue weighted by Gasteiger charge is 2.24. The van der Waals surface area contributed by atoms with E-state index in [-0.39, 0.29) is 18.8 Å². The number of carbonyl (C=O) groups excluding carboxylic acids is 1. The third-order valence-corrected chi connectivity index (χ3v) is 4.13. The van der Waals surface area contributed by atoms with Crippen LogP contribution in [0.2, 0.25) is 5.02 Å². The molecule has 0 fully saturated rings. The largest absolute Gasteiger partial charge is 0.490 e. The van der Waals surface area contributed by atoms with Crippen LogP contribution in [0.1, 0.15) is 21.7 Å². The number of ether oxygens (including phenoxy) is 2. The lowest BCUT2D eigenvalue weighted by Crippen LogP contribution is -2.13. The van der Waals surface area contributed by atoms with Gasteiger partial charge in [0, 0.05) is 5.56 Å². The molecule has 0 aliphatic heterocycles. The van der Waals surface area contributed by atoms with Crippen molar-refractivity contribution in [2.75, 3.05) is 13.2 Å². The zero-order valence-corrected chi connectivity index (χ0v) is 15.2. The van der Waals surface area contributed by atoms with Crippen LogP contribution < -0.4 is 4.74 Å². The smallest absolute Gasteiger partial charge is 0.344 e. The van der Waals surface area contributed by atoms with Gasteiger partial charge in [-0.1, -0.05) is 52.7 Å². The summed E-state index contributed by atoms with van der Waals surface area (Å²) in [5, 5.41) is 4.44. The van der Waals surface area contributed by atoms with E-state index < -0.39 is 5.97 Å². The highest BCUT2D eigenvalue weighted by Crippen LogP contribution is 2.31. The lowest BCUT2D eigenvalue weighted by atomic mass is 10.1. The van der Waals surface area contributed by atoms with Gasteiger partial charge in [-0.15, -0.1) is 0 Å². The third kappa shape index (κ3) is 4.06. The second-order valence-corrected chi connectivity index (χ2v) is 6.15. The second kappa shape index (κ2) is 8.06. The first-order chi connectivity index (χ1) is 12.6. The van der Waals surface area contributed by atoms with Gasteiger partial charge >= 0.3 is 5.97 Å². The maximum absolute atomic E-state index is 12.5. The van der Waals surface area contributed by atoms with Gasteiger partial charge in [-0.25, -0.2) is 4.79 Å². The third-order valence-electron chi connectivity index (χ3n) is 3.80. The predicted octanol–water partition coefficient (Wildman–Crippen LogP) is 4.85. The van der Waals surface area contributed by atoms with Crippen LogP contribution in [0.25, 0.3) is 11.3 Å². The lowest BCUT2D eigenvalue weighted by molar-refractivity contribution is 0.0449. The van der Waals surface area contributed by atoms with Gasteiger partial charge in [-0.3, -0.25) is 0 Å². The Bertz CT molecular complexity index is 902. The molecule has 0 atom stereocenters. The fourth-order valence-corrected chi connectivity index (χ4v) is 2.68. The van der Waals surface area contributed by atoms with E-state index in [0.29, 0.717) is 22.0 Å². The average Bonchev–Trinajstić information content (AvgIpc) is 3.02. The van der Waals surface area contributed by atoms with Crippen LogP contribution in [-0.4, -0.2) is 24.3 Å². The SMILES string of the molecule is Cc1ccc(OCCOC(=O)c2c(-c3ccccc3Cl)noc2C)cc1. The minimum atomic E-state index is -0.522. The van der Waals surface area contributed by atoms with E-state index in [1.165, 1.54) is 0 Å². The number of aryl methyl sites for hydroxylation is 2. The molecule has 0 bridgehead atoms. The Balaban J connectivity index is 1.64. The van der Waals surface area contributed by atoms with Crippen molar-refractivity contribution in [2.24, 2.45) is 0 Å². The van der Waals surface area contributed by atoms with E-state index in [1.807, 2.05) is 37.3 Å². The monoisotopic (exact) mass is 371 g/mol. The fraction of sp³-hybridized carbons (Fsp3) is 0.200. The van der Waals surface area contributed by atoms with Crippen LogP contribution in [0.5, 0.6) is 5.75 Å². The number of carbonyl (C=O) groups is 1. The van der Waals surface area contributed by atoms with E-state index in [2.05, 4.69) is 5.16 Å². The van der Waals surface area contributed by atoms with Crippen LogP contribution in [-0.2, 0) is 4.74 Å². The summed E-state index contributed by atoms with van der Waals surface area (Å²) in [7, 11) is 0. The maximum atomic E-state index is 12.5. The van der Waals surface area contributed by atoms with Crippen LogP contribution in [0, 0.1) is 13.8 Å². The zero-order valence-electron chi connectivity index (χ0n) is 14.5. The standard InChI is InChI=1S/C20H18ClNO4/c1-13-7-9-15(10-8-13)24-11-12-25-20(23)18-14(2)26-22-19(18)16-5-3-4-6-17(16)21/h3-10H,11-12H2,1-2H3. The van der Waals surface area contributed by atoms with E-state index in [0.717, 1.165) is 11.3 Å². The van der Waals surface area contributed by atoms with Gasteiger partial charge in [-0.05, 0) is 32.0 Å². The normalized spacial score (nSPS) is 10.6. The molecule has 0 unspecified atom stereocenters. The van der Waals surface area contributed by atoms with E-state index >= 15 is 0 Å². The first-order valence-electron chi connectivity index (χ1n) is 8.14. The molecule has 134 valence electrons. The van der Waals surface area contributed by atoms with Crippen molar-refractivity contribution in [3.63, 3.8) is 0 Å². The molecule has 0 aliphatic rings. The Morgan fingerprint density at radius 3 is 2.54 bits per heavy atom. The topological polar surface area (TPSA) is 61.6 Å². The molecule has 3 aromatic rings. The highest BCUT2D eigenvalue weighted by atomic mass is 35.5. The summed E-state index contributed by atoms with van der Waals surface area (Å²) in [5.74, 6) is 0.583. The number of aromatic nitrogens is 1. The number of hydrogen-bond acceptors (Lipinski definition) is 5. The zero-order chi connectivity index (χ0) is 18.5. The summed E-state index contributed by atoms with van der Waals surface area (Å²) in [4.78, 5) is 12.5. The molecule has 1 aromatic heterocycles. The number of esters is 1. The van der Waals surface area contributed by atoms with Crippen LogP contribution in [0.15, 0.2) is 53.1 Å². The predicted molar refractivity (Wildman–Crippen MR) is 98.6 cm³/mol. The Hall–Kier alpha value is -2.79. The molecule has 0 amide bonds. The summed E-state index contributed by atoms with van der Waals surface area (Å²) in [5.41, 5.74) is 2.42. The second-order valence-electron chi connectivity index (χ2n) is 5.74. The molecule has 0 saturated carbocycles. The van der Waals surface area contributed by atoms with Gasteiger partial charge in [0.05, 0.1) is 5.02 Å². The van der Waals surface area contributed by atoms with Crippen LogP contribution >= 0.6 is 11.6 Å². The van der Waals surface area contributed by atoms with Gasteiger partial charge < -0.3 is 14.0 Å². The van der Waals surface area contributed by atoms with Gasteiger partial charge in [-0.2, -0.15) is 0 Å². The van der Waals surface area contributed by atoms with Crippen molar-refractivity contribution in [2.45, 2.75) is 13.8 Å². The van der Waals surface area contributed by atoms with Crippen molar-refractivity contribution in [1.82, 2.24) is 5.16 Å². The number of nitrogens with zero attached hydrogens (tertiary/aromatic N) is 1. The molecule has 1 heterocycles. The van der Waals surface area contributed by atoms with E-state index in [9.17, 15) is 4.79 Å². The Kier molecular flexibility index (Phi) is 5.58. The van der Waals surface area contributed by atoms with E-state index in [1.54, 1.807) is 25.1 Å². The summed E-state index contributed by atoms with van der Waals surface area (Å²) < 4.78 is 16.0. The van der Waals surface area contributed by atoms with E-state index in [4.69, 9.17) is 25.6 Å². The molecule has 6 heteroatoms. The van der Waals surface area contributed by atoms with Gasteiger partial charge in [0.15, 0.2) is 0 Å². The molecule has 26 heavy (non-hydrogen) atoms. The van der Waals surface area contributed by atoms with Crippen molar-refractivity contribution < 1.29 is 18.8 Å². The number of rotatable bonds is 6. The molecule has 0 aliphatic carbocycles. The lowest BCUT2D eigenvalue weighted by Gasteiger charge is -2.08. The first kappa shape index (κ1) is 18.0. The van der Waals surface area contributed by atoms with Crippen LogP contribution in [0.4, 0.5) is 0 Å². The summed E-state index contributed by atoms with van der Waals surface area (Å²) in [6.45, 7) is 4.02. The molecule has 3 rings (SSSR count). The molecule has 0 radical (unpaired) electrons. The summed E-state index contributed by atoms with van der Waals surface area (Å²) in [6.07, 6.45) is 0. The van der Waals surface area contributed by atoms with Crippen LogP contribution in [0.3, 0.4) is 0 Å². The van der Waals surface area contributed by atoms with Gasteiger partial charge in [0.2, 0.25) is 0 Å². The van der Waals surface area contributed by atoms with Crippen molar-refractivity contribution in [1.29, 1.82) is 0 Å². The minimum Gasteiger partial charge on any atom is -0.490 e. The van der Waals surface area contributed by atoms with Crippen molar-refractivity contribution in [3.05, 3.63) is 70.4 Å². The minimum absolute atomic E-state index is 0.110. The Morgan fingerprint density at radius 1 is 1.08 bits per heavy atom. The molecule has 0 saturated heterocycles. The van der Waals surface area contributed by atoms with Crippen molar-refractivity contribution in [3.8, 4) is 17.0 Å². The molecular formula is C20H18ClNO4.